The number of nitrogens with one attached hydrogen (secondary N) is 2. The quantitative estimate of drug-likeness (QED) is 0.120. The van der Waals surface area contributed by atoms with Crippen molar-refractivity contribution in [1.29, 1.82) is 0 Å². The normalized spacial score (nSPS) is 19.0. The van der Waals surface area contributed by atoms with Gasteiger partial charge < -0.3 is 26.3 Å². The van der Waals surface area contributed by atoms with Crippen LogP contribution in [0.4, 0.5) is 5.13 Å². The predicted molar refractivity (Wildman–Crippen MR) is 152 cm³/mol. The fraction of sp³-hybridized carbons (Fsp3) is 0.391. The van der Waals surface area contributed by atoms with Gasteiger partial charge in [0, 0.05) is 34.0 Å². The van der Waals surface area contributed by atoms with Gasteiger partial charge in [0.1, 0.15) is 28.9 Å². The van der Waals surface area contributed by atoms with Crippen molar-refractivity contribution < 1.29 is 24.3 Å². The summed E-state index contributed by atoms with van der Waals surface area (Å²) in [6.07, 6.45) is 2.59. The SMILES string of the molecule is CNCCSCc1ncccc1SC1=C(C(=O)O)N2C(=O)C(NC(=O)/C(=N\OC)c3nc(N)sc3Cl)[C@H]2CC1. The van der Waals surface area contributed by atoms with Gasteiger partial charge in [0.15, 0.2) is 10.8 Å². The van der Waals surface area contributed by atoms with Crippen LogP contribution >= 0.6 is 46.5 Å². The zero-order valence-electron chi connectivity index (χ0n) is 21.0. The molecule has 4 rings (SSSR count). The molecule has 12 nitrogen and oxygen atoms in total. The molecule has 0 aromatic carbocycles. The molecule has 1 saturated heterocycles. The fourth-order valence-corrected chi connectivity index (χ4v) is 7.28. The number of nitrogens with two attached hydrogens (primary N) is 1. The molecular weight excluding hydrogens is 586 g/mol. The molecule has 2 aliphatic rings. The van der Waals surface area contributed by atoms with Crippen molar-refractivity contribution in [1.82, 2.24) is 25.5 Å². The Bertz CT molecular complexity index is 1330. The third kappa shape index (κ3) is 6.32. The second-order valence-electron chi connectivity index (χ2n) is 8.35. The van der Waals surface area contributed by atoms with Gasteiger partial charge in [-0.2, -0.15) is 11.8 Å². The summed E-state index contributed by atoms with van der Waals surface area (Å²) in [5, 5.41) is 19.6. The molecule has 0 saturated carbocycles. The first-order valence-corrected chi connectivity index (χ1v) is 14.9. The first kappa shape index (κ1) is 29.1. The van der Waals surface area contributed by atoms with Gasteiger partial charge in [0.2, 0.25) is 0 Å². The average molecular weight is 612 g/mol. The van der Waals surface area contributed by atoms with Crippen LogP contribution in [0.2, 0.25) is 4.34 Å². The van der Waals surface area contributed by atoms with Crippen molar-refractivity contribution in [2.45, 2.75) is 35.6 Å². The van der Waals surface area contributed by atoms with Gasteiger partial charge in [-0.1, -0.05) is 39.9 Å². The Morgan fingerprint density at radius 2 is 2.23 bits per heavy atom. The number of carbonyl (C=O) groups excluding carboxylic acids is 2. The number of thiazole rings is 1. The molecule has 0 aliphatic carbocycles. The Kier molecular flexibility index (Phi) is 9.71. The number of oxime groups is 1. The van der Waals surface area contributed by atoms with Gasteiger partial charge in [-0.05, 0) is 32.0 Å². The smallest absolute Gasteiger partial charge is 0.353 e. The number of carboxylic acids is 1. The number of pyridine rings is 1. The summed E-state index contributed by atoms with van der Waals surface area (Å²) in [4.78, 5) is 54.4. The van der Waals surface area contributed by atoms with E-state index in [-0.39, 0.29) is 26.6 Å². The number of nitrogen functional groups attached to an aromatic ring is 1. The molecule has 5 N–H and O–H groups in total. The number of carbonyl (C=O) groups is 3. The van der Waals surface area contributed by atoms with E-state index in [0.29, 0.717) is 23.5 Å². The van der Waals surface area contributed by atoms with Crippen LogP contribution in [0.3, 0.4) is 0 Å². The standard InChI is InChI=1S/C23H26ClN7O5S3/c1-26-8-9-37-10-11-13(4-3-7-27-11)38-14-6-5-12-15(21(33)31(12)18(14)22(34)35)28-20(32)17(30-36-2)16-19(24)39-23(25)29-16/h3-4,7,12,15,26H,5-6,8-10H2,1-2H3,(H2,25,29)(H,28,32)(H,34,35)/b30-17-/t12-,15?/m1/s1. The third-order valence-electron chi connectivity index (χ3n) is 5.92. The Hall–Kier alpha value is -2.85. The van der Waals surface area contributed by atoms with Crippen molar-refractivity contribution in [2.24, 2.45) is 5.16 Å². The van der Waals surface area contributed by atoms with E-state index in [1.165, 1.54) is 23.8 Å². The predicted octanol–water partition coefficient (Wildman–Crippen LogP) is 2.15. The van der Waals surface area contributed by atoms with Gasteiger partial charge in [-0.15, -0.1) is 0 Å². The summed E-state index contributed by atoms with van der Waals surface area (Å²) in [7, 11) is 3.15. The number of hydrogen-bond donors (Lipinski definition) is 4. The molecule has 39 heavy (non-hydrogen) atoms. The highest BCUT2D eigenvalue weighted by molar-refractivity contribution is 8.03. The molecule has 0 bridgehead atoms. The number of amides is 2. The fourth-order valence-electron chi connectivity index (χ4n) is 4.18. The minimum atomic E-state index is -1.21. The molecule has 2 atom stereocenters. The molecule has 0 radical (unpaired) electrons. The number of aromatic nitrogens is 2. The topological polar surface area (TPSA) is 172 Å². The number of fused-ring (bicyclic) bond motifs is 1. The Morgan fingerprint density at radius 1 is 1.44 bits per heavy atom. The van der Waals surface area contributed by atoms with E-state index < -0.39 is 29.9 Å². The highest BCUT2D eigenvalue weighted by atomic mass is 35.5. The number of hydrogen-bond acceptors (Lipinski definition) is 12. The van der Waals surface area contributed by atoms with E-state index in [9.17, 15) is 19.5 Å². The largest absolute Gasteiger partial charge is 0.477 e. The van der Waals surface area contributed by atoms with Gasteiger partial charge in [-0.3, -0.25) is 19.5 Å². The second kappa shape index (κ2) is 13.0. The van der Waals surface area contributed by atoms with Crippen molar-refractivity contribution in [3.05, 3.63) is 44.7 Å². The van der Waals surface area contributed by atoms with Crippen LogP contribution in [0.1, 0.15) is 24.2 Å². The summed E-state index contributed by atoms with van der Waals surface area (Å²) in [5.41, 5.74) is 6.26. The van der Waals surface area contributed by atoms with Crippen LogP contribution in [-0.2, 0) is 25.0 Å². The number of allylic oxidation sites excluding steroid dienone is 1. The molecule has 4 heterocycles. The molecule has 1 unspecified atom stereocenters. The summed E-state index contributed by atoms with van der Waals surface area (Å²) in [5.74, 6) is -0.881. The minimum Gasteiger partial charge on any atom is -0.477 e. The number of thioether (sulfide) groups is 2. The molecule has 1 fully saturated rings. The maximum absolute atomic E-state index is 13.2. The molecule has 2 aromatic heterocycles. The Morgan fingerprint density at radius 3 is 2.90 bits per heavy atom. The zero-order valence-corrected chi connectivity index (χ0v) is 24.2. The number of β-lactam (4-membered cyclic amide) rings is 1. The molecule has 2 amide bonds. The van der Waals surface area contributed by atoms with E-state index in [4.69, 9.17) is 22.2 Å². The molecular formula is C23H26ClN7O5S3. The van der Waals surface area contributed by atoms with Gasteiger partial charge in [-0.25, -0.2) is 9.78 Å². The number of halogens is 1. The first-order valence-electron chi connectivity index (χ1n) is 11.7. The van der Waals surface area contributed by atoms with E-state index in [2.05, 4.69) is 25.8 Å². The van der Waals surface area contributed by atoms with E-state index in [0.717, 1.165) is 34.2 Å². The minimum absolute atomic E-state index is 0.0343. The first-order chi connectivity index (χ1) is 18.8. The van der Waals surface area contributed by atoms with Crippen LogP contribution in [0, 0.1) is 0 Å². The lowest BCUT2D eigenvalue weighted by molar-refractivity contribution is -0.155. The monoisotopic (exact) mass is 611 g/mol. The lowest BCUT2D eigenvalue weighted by Crippen LogP contribution is -2.72. The van der Waals surface area contributed by atoms with E-state index >= 15 is 0 Å². The summed E-state index contributed by atoms with van der Waals surface area (Å²) < 4.78 is 0.144. The summed E-state index contributed by atoms with van der Waals surface area (Å²) in [6, 6.07) is 2.24. The highest BCUT2D eigenvalue weighted by Crippen LogP contribution is 2.44. The Balaban J connectivity index is 1.51. The maximum Gasteiger partial charge on any atom is 0.353 e. The van der Waals surface area contributed by atoms with Gasteiger partial charge >= 0.3 is 5.97 Å². The summed E-state index contributed by atoms with van der Waals surface area (Å²) >= 11 is 10.1. The zero-order chi connectivity index (χ0) is 28.1. The van der Waals surface area contributed by atoms with Crippen LogP contribution in [0.5, 0.6) is 0 Å². The van der Waals surface area contributed by atoms with Crippen molar-refractivity contribution >= 4 is 75.1 Å². The second-order valence-corrected chi connectivity index (χ2v) is 12.2. The number of carboxylic acid groups (broad SMARTS) is 1. The van der Waals surface area contributed by atoms with Crippen LogP contribution in [0.25, 0.3) is 0 Å². The lowest BCUT2D eigenvalue weighted by Gasteiger charge is -2.50. The van der Waals surface area contributed by atoms with Crippen molar-refractivity contribution in [2.75, 3.05) is 32.2 Å². The molecule has 16 heteroatoms. The molecule has 2 aliphatic heterocycles. The van der Waals surface area contributed by atoms with Crippen LogP contribution < -0.4 is 16.4 Å². The number of anilines is 1. The highest BCUT2D eigenvalue weighted by Gasteiger charge is 2.54. The summed E-state index contributed by atoms with van der Waals surface area (Å²) in [6.45, 7) is 0.869. The van der Waals surface area contributed by atoms with Gasteiger partial charge in [0.05, 0.1) is 11.7 Å². The maximum atomic E-state index is 13.2. The number of nitrogens with zero attached hydrogens (tertiary/aromatic N) is 4. The van der Waals surface area contributed by atoms with Crippen molar-refractivity contribution in [3.63, 3.8) is 0 Å². The van der Waals surface area contributed by atoms with E-state index in [1.54, 1.807) is 24.0 Å². The van der Waals surface area contributed by atoms with Crippen LogP contribution in [-0.4, -0.2) is 82.0 Å². The Labute approximate surface area is 241 Å². The third-order valence-corrected chi connectivity index (χ3v) is 9.21. The number of rotatable bonds is 12. The molecule has 0 spiro atoms. The van der Waals surface area contributed by atoms with Crippen molar-refractivity contribution in [3.8, 4) is 0 Å². The molecule has 2 aromatic rings. The molecule has 208 valence electrons. The van der Waals surface area contributed by atoms with Gasteiger partial charge in [0.25, 0.3) is 11.8 Å². The van der Waals surface area contributed by atoms with E-state index in [1.807, 2.05) is 13.1 Å². The number of aliphatic carboxylic acids is 1. The van der Waals surface area contributed by atoms with Crippen LogP contribution in [0.15, 0.2) is 39.0 Å². The average Bonchev–Trinajstić information content (AvgIpc) is 3.25. The lowest BCUT2D eigenvalue weighted by atomic mass is 9.86.